The second kappa shape index (κ2) is 5.81. The summed E-state index contributed by atoms with van der Waals surface area (Å²) in [6.45, 7) is 2.51. The van der Waals surface area contributed by atoms with Crippen molar-refractivity contribution in [2.75, 3.05) is 6.61 Å². The van der Waals surface area contributed by atoms with E-state index in [1.807, 2.05) is 6.92 Å². The molecular weight excluding hydrogens is 248 g/mol. The van der Waals surface area contributed by atoms with Crippen molar-refractivity contribution < 1.29 is 19.4 Å². The maximum absolute atomic E-state index is 10.6. The molecule has 0 bridgehead atoms. The smallest absolute Gasteiger partial charge is 0.356 e. The monoisotopic (exact) mass is 260 g/mol. The average molecular weight is 260 g/mol. The molecule has 6 nitrogen and oxygen atoms in total. The van der Waals surface area contributed by atoms with Gasteiger partial charge in [-0.3, -0.25) is 0 Å². The lowest BCUT2D eigenvalue weighted by Crippen LogP contribution is -2.02. The van der Waals surface area contributed by atoms with E-state index in [-0.39, 0.29) is 11.6 Å². The first kappa shape index (κ1) is 12.8. The molecule has 0 saturated heterocycles. The number of carbonyl (C=O) groups is 1. The molecule has 0 radical (unpaired) electrons. The number of nitrogens with zero attached hydrogens (tertiary/aromatic N) is 2. The van der Waals surface area contributed by atoms with E-state index in [2.05, 4.69) is 10.2 Å². The average Bonchev–Trinajstić information content (AvgIpc) is 2.42. The lowest BCUT2D eigenvalue weighted by atomic mass is 10.3. The van der Waals surface area contributed by atoms with Gasteiger partial charge < -0.3 is 14.6 Å². The molecule has 19 heavy (non-hydrogen) atoms. The SMILES string of the molecule is CCOc1ccc(Oc2ccc(C(=O)O)nn2)cc1. The van der Waals surface area contributed by atoms with Gasteiger partial charge in [0.15, 0.2) is 5.69 Å². The number of rotatable bonds is 5. The highest BCUT2D eigenvalue weighted by Gasteiger charge is 2.06. The number of carboxylic acids is 1. The Labute approximate surface area is 109 Å². The van der Waals surface area contributed by atoms with E-state index in [0.717, 1.165) is 5.75 Å². The minimum Gasteiger partial charge on any atom is -0.494 e. The molecule has 6 heteroatoms. The molecule has 0 saturated carbocycles. The van der Waals surface area contributed by atoms with Gasteiger partial charge in [0, 0.05) is 6.07 Å². The maximum atomic E-state index is 10.6. The maximum Gasteiger partial charge on any atom is 0.356 e. The Morgan fingerprint density at radius 3 is 2.32 bits per heavy atom. The van der Waals surface area contributed by atoms with Crippen LogP contribution in [-0.4, -0.2) is 27.9 Å². The third kappa shape index (κ3) is 3.41. The minimum atomic E-state index is -1.12. The van der Waals surface area contributed by atoms with Crippen LogP contribution in [0.1, 0.15) is 17.4 Å². The van der Waals surface area contributed by atoms with Crippen LogP contribution in [-0.2, 0) is 0 Å². The zero-order valence-electron chi connectivity index (χ0n) is 10.2. The lowest BCUT2D eigenvalue weighted by molar-refractivity contribution is 0.0689. The summed E-state index contributed by atoms with van der Waals surface area (Å²) in [5, 5.41) is 15.9. The van der Waals surface area contributed by atoms with Gasteiger partial charge in [-0.25, -0.2) is 4.79 Å². The Hall–Kier alpha value is -2.63. The largest absolute Gasteiger partial charge is 0.494 e. The summed E-state index contributed by atoms with van der Waals surface area (Å²) in [5.74, 6) is 0.428. The number of aromatic nitrogens is 2. The molecule has 1 N–H and O–H groups in total. The van der Waals surface area contributed by atoms with Crippen LogP contribution in [0.25, 0.3) is 0 Å². The van der Waals surface area contributed by atoms with E-state index in [0.29, 0.717) is 12.4 Å². The summed E-state index contributed by atoms with van der Waals surface area (Å²) in [6, 6.07) is 9.80. The molecule has 1 heterocycles. The van der Waals surface area contributed by atoms with Crippen LogP contribution in [0.4, 0.5) is 0 Å². The van der Waals surface area contributed by atoms with Gasteiger partial charge in [-0.2, -0.15) is 0 Å². The van der Waals surface area contributed by atoms with Gasteiger partial charge >= 0.3 is 5.97 Å². The van der Waals surface area contributed by atoms with Gasteiger partial charge in [0.1, 0.15) is 11.5 Å². The van der Waals surface area contributed by atoms with Crippen molar-refractivity contribution in [1.29, 1.82) is 0 Å². The summed E-state index contributed by atoms with van der Waals surface area (Å²) < 4.78 is 10.7. The van der Waals surface area contributed by atoms with Gasteiger partial charge in [0.25, 0.3) is 0 Å². The molecule has 0 aliphatic rings. The molecule has 98 valence electrons. The lowest BCUT2D eigenvalue weighted by Gasteiger charge is -2.06. The molecule has 0 aliphatic heterocycles. The van der Waals surface area contributed by atoms with Gasteiger partial charge in [-0.1, -0.05) is 0 Å². The molecule has 0 aliphatic carbocycles. The molecule has 1 aromatic carbocycles. The molecule has 0 spiro atoms. The Kier molecular flexibility index (Phi) is 3.92. The fourth-order valence-corrected chi connectivity index (χ4v) is 1.38. The highest BCUT2D eigenvalue weighted by molar-refractivity contribution is 5.84. The number of benzene rings is 1. The number of carboxylic acid groups (broad SMARTS) is 1. The molecular formula is C13H12N2O4. The van der Waals surface area contributed by atoms with Gasteiger partial charge in [-0.05, 0) is 37.3 Å². The van der Waals surface area contributed by atoms with Crippen LogP contribution in [0.15, 0.2) is 36.4 Å². The van der Waals surface area contributed by atoms with E-state index in [1.165, 1.54) is 12.1 Å². The standard InChI is InChI=1S/C13H12N2O4/c1-2-18-9-3-5-10(6-4-9)19-12-8-7-11(13(16)17)14-15-12/h3-8H,2H2,1H3,(H,16,17). The second-order valence-electron chi connectivity index (χ2n) is 3.57. The minimum absolute atomic E-state index is 0.126. The van der Waals surface area contributed by atoms with Crippen molar-refractivity contribution in [2.45, 2.75) is 6.92 Å². The van der Waals surface area contributed by atoms with Gasteiger partial charge in [-0.15, -0.1) is 10.2 Å². The topological polar surface area (TPSA) is 81.5 Å². The first-order valence-corrected chi connectivity index (χ1v) is 5.67. The summed E-state index contributed by atoms with van der Waals surface area (Å²) in [6.07, 6.45) is 0. The molecule has 1 aromatic heterocycles. The summed E-state index contributed by atoms with van der Waals surface area (Å²) in [4.78, 5) is 10.6. The van der Waals surface area contributed by atoms with Crippen LogP contribution in [0.5, 0.6) is 17.4 Å². The number of hydrogen-bond acceptors (Lipinski definition) is 5. The normalized spacial score (nSPS) is 9.95. The van der Waals surface area contributed by atoms with Crippen molar-refractivity contribution in [1.82, 2.24) is 10.2 Å². The summed E-state index contributed by atoms with van der Waals surface area (Å²) in [7, 11) is 0. The predicted octanol–water partition coefficient (Wildman–Crippen LogP) is 2.37. The highest BCUT2D eigenvalue weighted by Crippen LogP contribution is 2.22. The second-order valence-corrected chi connectivity index (χ2v) is 3.57. The number of hydrogen-bond donors (Lipinski definition) is 1. The first-order chi connectivity index (χ1) is 9.19. The zero-order chi connectivity index (χ0) is 13.7. The third-order valence-corrected chi connectivity index (χ3v) is 2.22. The number of ether oxygens (including phenoxy) is 2. The molecule has 2 aromatic rings. The molecule has 0 atom stereocenters. The van der Waals surface area contributed by atoms with Crippen LogP contribution in [0.3, 0.4) is 0 Å². The molecule has 0 unspecified atom stereocenters. The number of aromatic carboxylic acids is 1. The Balaban J connectivity index is 2.06. The Bertz CT molecular complexity index is 552. The summed E-state index contributed by atoms with van der Waals surface area (Å²) >= 11 is 0. The fraction of sp³-hybridized carbons (Fsp3) is 0.154. The Morgan fingerprint density at radius 1 is 1.11 bits per heavy atom. The van der Waals surface area contributed by atoms with Crippen molar-refractivity contribution >= 4 is 5.97 Å². The van der Waals surface area contributed by atoms with Crippen molar-refractivity contribution in [3.8, 4) is 17.4 Å². The van der Waals surface area contributed by atoms with Crippen molar-refractivity contribution in [2.24, 2.45) is 0 Å². The zero-order valence-corrected chi connectivity index (χ0v) is 10.2. The highest BCUT2D eigenvalue weighted by atomic mass is 16.5. The Morgan fingerprint density at radius 2 is 1.79 bits per heavy atom. The fourth-order valence-electron chi connectivity index (χ4n) is 1.38. The molecule has 0 amide bonds. The first-order valence-electron chi connectivity index (χ1n) is 5.67. The van der Waals surface area contributed by atoms with E-state index < -0.39 is 5.97 Å². The van der Waals surface area contributed by atoms with E-state index in [1.54, 1.807) is 24.3 Å². The van der Waals surface area contributed by atoms with E-state index in [9.17, 15) is 4.79 Å². The summed E-state index contributed by atoms with van der Waals surface area (Å²) in [5.41, 5.74) is -0.126. The molecule has 2 rings (SSSR count). The van der Waals surface area contributed by atoms with E-state index in [4.69, 9.17) is 14.6 Å². The van der Waals surface area contributed by atoms with Crippen molar-refractivity contribution in [3.63, 3.8) is 0 Å². The van der Waals surface area contributed by atoms with Crippen LogP contribution < -0.4 is 9.47 Å². The third-order valence-electron chi connectivity index (χ3n) is 2.22. The quantitative estimate of drug-likeness (QED) is 0.888. The van der Waals surface area contributed by atoms with Crippen LogP contribution in [0.2, 0.25) is 0 Å². The van der Waals surface area contributed by atoms with Crippen LogP contribution >= 0.6 is 0 Å². The van der Waals surface area contributed by atoms with Gasteiger partial charge in [0.2, 0.25) is 5.88 Å². The van der Waals surface area contributed by atoms with E-state index >= 15 is 0 Å². The van der Waals surface area contributed by atoms with Crippen molar-refractivity contribution in [3.05, 3.63) is 42.1 Å². The van der Waals surface area contributed by atoms with Crippen LogP contribution in [0, 0.1) is 0 Å². The predicted molar refractivity (Wildman–Crippen MR) is 66.7 cm³/mol. The van der Waals surface area contributed by atoms with Gasteiger partial charge in [0.05, 0.1) is 6.61 Å². The molecule has 0 fully saturated rings.